The smallest absolute Gasteiger partial charge is 0.308 e. The van der Waals surface area contributed by atoms with Crippen molar-refractivity contribution in [2.24, 2.45) is 11.8 Å². The Balaban J connectivity index is 2.34. The minimum Gasteiger partial charge on any atom is -0.481 e. The van der Waals surface area contributed by atoms with E-state index < -0.39 is 5.97 Å². The summed E-state index contributed by atoms with van der Waals surface area (Å²) in [4.78, 5) is 11.0. The van der Waals surface area contributed by atoms with E-state index >= 15 is 0 Å². The second-order valence-corrected chi connectivity index (χ2v) is 4.19. The minimum absolute atomic E-state index is 0.152. The second kappa shape index (κ2) is 6.02. The largest absolute Gasteiger partial charge is 0.481 e. The van der Waals surface area contributed by atoms with E-state index in [0.29, 0.717) is 12.5 Å². The van der Waals surface area contributed by atoms with E-state index in [1.165, 1.54) is 19.3 Å². The zero-order chi connectivity index (χ0) is 10.4. The molecule has 0 radical (unpaired) electrons. The molecule has 1 aliphatic heterocycles. The number of carboxylic acids is 1. The highest BCUT2D eigenvalue weighted by Crippen LogP contribution is 2.25. The maximum absolute atomic E-state index is 11.0. The molecule has 1 fully saturated rings. The first-order valence-corrected chi connectivity index (χ1v) is 5.69. The number of rotatable bonds is 5. The number of nitrogens with one attached hydrogen (secondary N) is 1. The van der Waals surface area contributed by atoms with Crippen molar-refractivity contribution in [3.63, 3.8) is 0 Å². The first-order chi connectivity index (χ1) is 6.75. The van der Waals surface area contributed by atoms with E-state index in [1.54, 1.807) is 0 Å². The number of carboxylic acid groups (broad SMARTS) is 1. The molecule has 0 spiro atoms. The van der Waals surface area contributed by atoms with Gasteiger partial charge in [-0.15, -0.1) is 0 Å². The van der Waals surface area contributed by atoms with Crippen molar-refractivity contribution in [3.8, 4) is 0 Å². The molecule has 1 rings (SSSR count). The molecular formula is C11H21NO2. The van der Waals surface area contributed by atoms with Gasteiger partial charge in [0.25, 0.3) is 0 Å². The molecule has 0 aromatic heterocycles. The zero-order valence-electron chi connectivity index (χ0n) is 8.96. The van der Waals surface area contributed by atoms with E-state index in [0.717, 1.165) is 19.4 Å². The SMILES string of the molecule is CCCCCC1CCNCC1C(=O)O. The maximum Gasteiger partial charge on any atom is 0.308 e. The fourth-order valence-electron chi connectivity index (χ4n) is 2.20. The number of hydrogen-bond donors (Lipinski definition) is 2. The van der Waals surface area contributed by atoms with Crippen LogP contribution in [0.25, 0.3) is 0 Å². The van der Waals surface area contributed by atoms with Gasteiger partial charge in [-0.05, 0) is 25.3 Å². The Hall–Kier alpha value is -0.570. The third-order valence-electron chi connectivity index (χ3n) is 3.12. The van der Waals surface area contributed by atoms with Crippen LogP contribution in [0.5, 0.6) is 0 Å². The molecule has 1 aliphatic rings. The summed E-state index contributed by atoms with van der Waals surface area (Å²) in [6, 6.07) is 0. The van der Waals surface area contributed by atoms with Crippen molar-refractivity contribution in [1.82, 2.24) is 5.32 Å². The molecule has 14 heavy (non-hydrogen) atoms. The van der Waals surface area contributed by atoms with Crippen LogP contribution >= 0.6 is 0 Å². The van der Waals surface area contributed by atoms with Gasteiger partial charge in [0.1, 0.15) is 0 Å². The summed E-state index contributed by atoms with van der Waals surface area (Å²) in [5.74, 6) is -0.375. The molecule has 0 aromatic rings. The summed E-state index contributed by atoms with van der Waals surface area (Å²) in [6.45, 7) is 3.82. The Labute approximate surface area is 85.9 Å². The van der Waals surface area contributed by atoms with Crippen LogP contribution in [-0.2, 0) is 4.79 Å². The van der Waals surface area contributed by atoms with Crippen LogP contribution in [0.2, 0.25) is 0 Å². The van der Waals surface area contributed by atoms with E-state index in [9.17, 15) is 4.79 Å². The topological polar surface area (TPSA) is 49.3 Å². The van der Waals surface area contributed by atoms with Crippen LogP contribution in [0.3, 0.4) is 0 Å². The highest BCUT2D eigenvalue weighted by Gasteiger charge is 2.29. The van der Waals surface area contributed by atoms with Crippen molar-refractivity contribution in [1.29, 1.82) is 0 Å². The lowest BCUT2D eigenvalue weighted by Gasteiger charge is -2.29. The summed E-state index contributed by atoms with van der Waals surface area (Å²) in [5, 5.41) is 12.2. The van der Waals surface area contributed by atoms with Gasteiger partial charge in [-0.3, -0.25) is 4.79 Å². The number of unbranched alkanes of at least 4 members (excludes halogenated alkanes) is 2. The molecule has 1 saturated heterocycles. The van der Waals surface area contributed by atoms with Gasteiger partial charge >= 0.3 is 5.97 Å². The summed E-state index contributed by atoms with van der Waals surface area (Å²) in [6.07, 6.45) is 5.75. The standard InChI is InChI=1S/C11H21NO2/c1-2-3-4-5-9-6-7-12-8-10(9)11(13)14/h9-10,12H,2-8H2,1H3,(H,13,14). The molecule has 2 unspecified atom stereocenters. The van der Waals surface area contributed by atoms with E-state index in [1.807, 2.05) is 0 Å². The van der Waals surface area contributed by atoms with Gasteiger partial charge in [0, 0.05) is 6.54 Å². The number of carbonyl (C=O) groups is 1. The predicted molar refractivity (Wildman–Crippen MR) is 56.2 cm³/mol. The van der Waals surface area contributed by atoms with Crippen molar-refractivity contribution >= 4 is 5.97 Å². The van der Waals surface area contributed by atoms with E-state index in [4.69, 9.17) is 5.11 Å². The summed E-state index contributed by atoms with van der Waals surface area (Å²) < 4.78 is 0. The van der Waals surface area contributed by atoms with Crippen molar-refractivity contribution in [3.05, 3.63) is 0 Å². The fourth-order valence-corrected chi connectivity index (χ4v) is 2.20. The van der Waals surface area contributed by atoms with Gasteiger partial charge in [-0.1, -0.05) is 26.2 Å². The van der Waals surface area contributed by atoms with Gasteiger partial charge in [-0.2, -0.15) is 0 Å². The molecule has 3 nitrogen and oxygen atoms in total. The predicted octanol–water partition coefficient (Wildman–Crippen LogP) is 1.88. The van der Waals surface area contributed by atoms with Gasteiger partial charge in [0.2, 0.25) is 0 Å². The second-order valence-electron chi connectivity index (χ2n) is 4.19. The monoisotopic (exact) mass is 199 g/mol. The van der Waals surface area contributed by atoms with Crippen molar-refractivity contribution in [2.45, 2.75) is 39.0 Å². The Kier molecular flexibility index (Phi) is 4.94. The lowest BCUT2D eigenvalue weighted by atomic mass is 9.83. The highest BCUT2D eigenvalue weighted by atomic mass is 16.4. The quantitative estimate of drug-likeness (QED) is 0.665. The molecule has 3 heteroatoms. The molecule has 0 bridgehead atoms. The first-order valence-electron chi connectivity index (χ1n) is 5.69. The minimum atomic E-state index is -0.626. The fraction of sp³-hybridized carbons (Fsp3) is 0.909. The average Bonchev–Trinajstić information content (AvgIpc) is 2.19. The third-order valence-corrected chi connectivity index (χ3v) is 3.12. The summed E-state index contributed by atoms with van der Waals surface area (Å²) >= 11 is 0. The molecule has 82 valence electrons. The van der Waals surface area contributed by atoms with Crippen LogP contribution in [0.1, 0.15) is 39.0 Å². The van der Waals surface area contributed by atoms with E-state index in [2.05, 4.69) is 12.2 Å². The molecule has 0 aliphatic carbocycles. The van der Waals surface area contributed by atoms with Crippen LogP contribution in [-0.4, -0.2) is 24.2 Å². The third kappa shape index (κ3) is 3.29. The lowest BCUT2D eigenvalue weighted by molar-refractivity contribution is -0.144. The van der Waals surface area contributed by atoms with Crippen LogP contribution in [0, 0.1) is 11.8 Å². The molecule has 0 aromatic carbocycles. The van der Waals surface area contributed by atoms with Crippen molar-refractivity contribution < 1.29 is 9.90 Å². The normalized spacial score (nSPS) is 27.5. The number of hydrogen-bond acceptors (Lipinski definition) is 2. The zero-order valence-corrected chi connectivity index (χ0v) is 8.96. The molecule has 0 amide bonds. The Morgan fingerprint density at radius 1 is 1.50 bits per heavy atom. The van der Waals surface area contributed by atoms with Gasteiger partial charge < -0.3 is 10.4 Å². The van der Waals surface area contributed by atoms with Gasteiger partial charge in [0.15, 0.2) is 0 Å². The Bertz CT molecular complexity index is 182. The van der Waals surface area contributed by atoms with Gasteiger partial charge in [-0.25, -0.2) is 0 Å². The van der Waals surface area contributed by atoms with E-state index in [-0.39, 0.29) is 5.92 Å². The lowest BCUT2D eigenvalue weighted by Crippen LogP contribution is -2.40. The molecule has 2 N–H and O–H groups in total. The molecular weight excluding hydrogens is 178 g/mol. The summed E-state index contributed by atoms with van der Waals surface area (Å²) in [5.41, 5.74) is 0. The first kappa shape index (κ1) is 11.5. The van der Waals surface area contributed by atoms with Crippen molar-refractivity contribution in [2.75, 3.05) is 13.1 Å². The molecule has 2 atom stereocenters. The number of aliphatic carboxylic acids is 1. The molecule has 0 saturated carbocycles. The Morgan fingerprint density at radius 3 is 2.93 bits per heavy atom. The van der Waals surface area contributed by atoms with Gasteiger partial charge in [0.05, 0.1) is 5.92 Å². The van der Waals surface area contributed by atoms with Crippen LogP contribution in [0.4, 0.5) is 0 Å². The highest BCUT2D eigenvalue weighted by molar-refractivity contribution is 5.70. The summed E-state index contributed by atoms with van der Waals surface area (Å²) in [7, 11) is 0. The molecule has 1 heterocycles. The Morgan fingerprint density at radius 2 is 2.29 bits per heavy atom. The van der Waals surface area contributed by atoms with Crippen LogP contribution < -0.4 is 5.32 Å². The van der Waals surface area contributed by atoms with Crippen LogP contribution in [0.15, 0.2) is 0 Å². The maximum atomic E-state index is 11.0. The average molecular weight is 199 g/mol. The number of piperidine rings is 1.